The van der Waals surface area contributed by atoms with Crippen LogP contribution in [-0.2, 0) is 4.74 Å². The van der Waals surface area contributed by atoms with Crippen LogP contribution in [0.4, 0.5) is 5.69 Å². The third-order valence-corrected chi connectivity index (χ3v) is 3.08. The number of aromatic carboxylic acids is 1. The van der Waals surface area contributed by atoms with Crippen LogP contribution in [0.25, 0.3) is 0 Å². The van der Waals surface area contributed by atoms with Crippen molar-refractivity contribution < 1.29 is 19.7 Å². The van der Waals surface area contributed by atoms with Gasteiger partial charge in [-0.2, -0.15) is 0 Å². The zero-order chi connectivity index (χ0) is 13.0. The number of aromatic nitrogens is 1. The number of hydrogen-bond donors (Lipinski definition) is 3. The standard InChI is InChI=1S/C12H16N2O4/c15-11(16)9-7-13-4-1-10(9)14-8-12(17)2-5-18-6-3-12/h1,4,7,17H,2-3,5-6,8H2,(H,13,14)(H,15,16). The quantitative estimate of drug-likeness (QED) is 0.731. The van der Waals surface area contributed by atoms with Crippen molar-refractivity contribution >= 4 is 11.7 Å². The van der Waals surface area contributed by atoms with E-state index in [4.69, 9.17) is 9.84 Å². The molecule has 0 saturated carbocycles. The van der Waals surface area contributed by atoms with Crippen LogP contribution < -0.4 is 5.32 Å². The molecular weight excluding hydrogens is 236 g/mol. The second-order valence-corrected chi connectivity index (χ2v) is 4.42. The Hall–Kier alpha value is -1.66. The van der Waals surface area contributed by atoms with Crippen LogP contribution in [-0.4, -0.2) is 46.5 Å². The van der Waals surface area contributed by atoms with Gasteiger partial charge in [-0.15, -0.1) is 0 Å². The molecule has 0 bridgehead atoms. The SMILES string of the molecule is O=C(O)c1cnccc1NCC1(O)CCOCC1. The molecule has 0 aliphatic carbocycles. The second-order valence-electron chi connectivity index (χ2n) is 4.42. The molecule has 0 amide bonds. The van der Waals surface area contributed by atoms with Gasteiger partial charge >= 0.3 is 5.97 Å². The van der Waals surface area contributed by atoms with Crippen LogP contribution in [0.5, 0.6) is 0 Å². The topological polar surface area (TPSA) is 91.7 Å². The van der Waals surface area contributed by atoms with Crippen LogP contribution in [0, 0.1) is 0 Å². The lowest BCUT2D eigenvalue weighted by Gasteiger charge is -2.32. The second kappa shape index (κ2) is 5.32. The highest BCUT2D eigenvalue weighted by atomic mass is 16.5. The molecule has 6 heteroatoms. The molecule has 1 aliphatic heterocycles. The normalized spacial score (nSPS) is 18.3. The molecule has 0 spiro atoms. The maximum atomic E-state index is 11.0. The van der Waals surface area contributed by atoms with Crippen molar-refractivity contribution in [1.82, 2.24) is 4.98 Å². The van der Waals surface area contributed by atoms with Gasteiger partial charge in [0.25, 0.3) is 0 Å². The molecule has 6 nitrogen and oxygen atoms in total. The van der Waals surface area contributed by atoms with Crippen molar-refractivity contribution in [3.8, 4) is 0 Å². The molecule has 3 N–H and O–H groups in total. The van der Waals surface area contributed by atoms with Gasteiger partial charge in [0, 0.05) is 45.0 Å². The zero-order valence-electron chi connectivity index (χ0n) is 9.93. The van der Waals surface area contributed by atoms with Gasteiger partial charge < -0.3 is 20.3 Å². The van der Waals surface area contributed by atoms with Gasteiger partial charge in [-0.25, -0.2) is 4.79 Å². The Kier molecular flexibility index (Phi) is 3.78. The van der Waals surface area contributed by atoms with E-state index >= 15 is 0 Å². The lowest BCUT2D eigenvalue weighted by atomic mass is 9.94. The summed E-state index contributed by atoms with van der Waals surface area (Å²) in [5.74, 6) is -1.04. The monoisotopic (exact) mass is 252 g/mol. The number of anilines is 1. The van der Waals surface area contributed by atoms with Gasteiger partial charge in [0.15, 0.2) is 0 Å². The van der Waals surface area contributed by atoms with Crippen molar-refractivity contribution in [2.24, 2.45) is 0 Å². The van der Waals surface area contributed by atoms with E-state index in [-0.39, 0.29) is 5.56 Å². The minimum Gasteiger partial charge on any atom is -0.478 e. The minimum absolute atomic E-state index is 0.105. The molecule has 0 atom stereocenters. The number of hydrogen-bond acceptors (Lipinski definition) is 5. The Morgan fingerprint density at radius 3 is 2.89 bits per heavy atom. The Labute approximate surface area is 105 Å². The van der Waals surface area contributed by atoms with E-state index in [0.717, 1.165) is 0 Å². The summed E-state index contributed by atoms with van der Waals surface area (Å²) in [5, 5.41) is 22.2. The van der Waals surface area contributed by atoms with Crippen molar-refractivity contribution in [3.63, 3.8) is 0 Å². The fraction of sp³-hybridized carbons (Fsp3) is 0.500. The summed E-state index contributed by atoms with van der Waals surface area (Å²) < 4.78 is 5.19. The number of carbonyl (C=O) groups is 1. The predicted molar refractivity (Wildman–Crippen MR) is 64.7 cm³/mol. The average molecular weight is 252 g/mol. The summed E-state index contributed by atoms with van der Waals surface area (Å²) in [6.45, 7) is 1.36. The van der Waals surface area contributed by atoms with E-state index < -0.39 is 11.6 Å². The molecule has 0 unspecified atom stereocenters. The lowest BCUT2D eigenvalue weighted by molar-refractivity contribution is -0.0543. The Balaban J connectivity index is 2.03. The first-order valence-corrected chi connectivity index (χ1v) is 5.82. The molecular formula is C12H16N2O4. The molecule has 2 rings (SSSR count). The molecule has 18 heavy (non-hydrogen) atoms. The number of ether oxygens (including phenoxy) is 1. The van der Waals surface area contributed by atoms with Crippen molar-refractivity contribution in [1.29, 1.82) is 0 Å². The summed E-state index contributed by atoms with van der Waals surface area (Å²) in [4.78, 5) is 14.8. The summed E-state index contributed by atoms with van der Waals surface area (Å²) in [6, 6.07) is 1.59. The smallest absolute Gasteiger partial charge is 0.339 e. The van der Waals surface area contributed by atoms with Gasteiger partial charge in [0.2, 0.25) is 0 Å². The van der Waals surface area contributed by atoms with Crippen LogP contribution in [0.1, 0.15) is 23.2 Å². The van der Waals surface area contributed by atoms with E-state index in [1.165, 1.54) is 12.4 Å². The minimum atomic E-state index is -1.04. The fourth-order valence-electron chi connectivity index (χ4n) is 1.91. The maximum Gasteiger partial charge on any atom is 0.339 e. The summed E-state index contributed by atoms with van der Waals surface area (Å²) in [5.41, 5.74) is -0.261. The van der Waals surface area contributed by atoms with E-state index in [9.17, 15) is 9.90 Å². The van der Waals surface area contributed by atoms with Crippen molar-refractivity contribution in [3.05, 3.63) is 24.0 Å². The predicted octanol–water partition coefficient (Wildman–Crippen LogP) is 0.733. The number of nitrogens with zero attached hydrogens (tertiary/aromatic N) is 1. The Bertz CT molecular complexity index is 430. The van der Waals surface area contributed by atoms with Gasteiger partial charge in [0.1, 0.15) is 5.56 Å². The number of carboxylic acids is 1. The number of aliphatic hydroxyl groups is 1. The van der Waals surface area contributed by atoms with E-state index in [1.807, 2.05) is 0 Å². The number of carboxylic acid groups (broad SMARTS) is 1. The highest BCUT2D eigenvalue weighted by Crippen LogP contribution is 2.22. The Morgan fingerprint density at radius 1 is 1.50 bits per heavy atom. The fourth-order valence-corrected chi connectivity index (χ4v) is 1.91. The third-order valence-electron chi connectivity index (χ3n) is 3.08. The molecule has 1 aromatic rings. The molecule has 1 saturated heterocycles. The zero-order valence-corrected chi connectivity index (χ0v) is 9.93. The van der Waals surface area contributed by atoms with E-state index in [1.54, 1.807) is 6.07 Å². The third kappa shape index (κ3) is 2.96. The van der Waals surface area contributed by atoms with Gasteiger partial charge in [-0.05, 0) is 6.07 Å². The van der Waals surface area contributed by atoms with Crippen LogP contribution >= 0.6 is 0 Å². The molecule has 1 fully saturated rings. The van der Waals surface area contributed by atoms with Gasteiger partial charge in [-0.3, -0.25) is 4.98 Å². The van der Waals surface area contributed by atoms with E-state index in [0.29, 0.717) is 38.3 Å². The van der Waals surface area contributed by atoms with Crippen LogP contribution in [0.3, 0.4) is 0 Å². The average Bonchev–Trinajstić information content (AvgIpc) is 2.38. The molecule has 0 radical (unpaired) electrons. The maximum absolute atomic E-state index is 11.0. The van der Waals surface area contributed by atoms with Crippen molar-refractivity contribution in [2.75, 3.05) is 25.1 Å². The Morgan fingerprint density at radius 2 is 2.22 bits per heavy atom. The van der Waals surface area contributed by atoms with Crippen LogP contribution in [0.2, 0.25) is 0 Å². The molecule has 0 aromatic carbocycles. The molecule has 1 aromatic heterocycles. The summed E-state index contributed by atoms with van der Waals surface area (Å²) in [7, 11) is 0. The van der Waals surface area contributed by atoms with Gasteiger partial charge in [-0.1, -0.05) is 0 Å². The highest BCUT2D eigenvalue weighted by Gasteiger charge is 2.29. The summed E-state index contributed by atoms with van der Waals surface area (Å²) in [6.07, 6.45) is 3.91. The first-order chi connectivity index (χ1) is 8.61. The van der Waals surface area contributed by atoms with Gasteiger partial charge in [0.05, 0.1) is 11.3 Å². The number of pyridine rings is 1. The molecule has 1 aliphatic rings. The highest BCUT2D eigenvalue weighted by molar-refractivity contribution is 5.93. The largest absolute Gasteiger partial charge is 0.478 e. The lowest BCUT2D eigenvalue weighted by Crippen LogP contribution is -2.42. The molecule has 98 valence electrons. The summed E-state index contributed by atoms with van der Waals surface area (Å²) >= 11 is 0. The number of nitrogens with one attached hydrogen (secondary N) is 1. The first-order valence-electron chi connectivity index (χ1n) is 5.82. The van der Waals surface area contributed by atoms with Crippen molar-refractivity contribution in [2.45, 2.75) is 18.4 Å². The van der Waals surface area contributed by atoms with Crippen LogP contribution in [0.15, 0.2) is 18.5 Å². The number of rotatable bonds is 4. The van der Waals surface area contributed by atoms with E-state index in [2.05, 4.69) is 10.3 Å². The molecule has 2 heterocycles. The first kappa shape index (κ1) is 12.8.